The summed E-state index contributed by atoms with van der Waals surface area (Å²) in [5, 5.41) is 11.5. The number of nitrogens with one attached hydrogen (secondary N) is 2. The number of imidazole rings is 1. The van der Waals surface area contributed by atoms with E-state index in [0.29, 0.717) is 37.6 Å². The fraction of sp³-hybridized carbons (Fsp3) is 0.375. The summed E-state index contributed by atoms with van der Waals surface area (Å²) in [6, 6.07) is 2.58. The highest BCUT2D eigenvalue weighted by Gasteiger charge is 2.29. The summed E-state index contributed by atoms with van der Waals surface area (Å²) in [7, 11) is 0. The van der Waals surface area contributed by atoms with Crippen LogP contribution in [0.3, 0.4) is 0 Å². The number of aromatic amines is 1. The van der Waals surface area contributed by atoms with Gasteiger partial charge in [-0.3, -0.25) is 0 Å². The lowest BCUT2D eigenvalue weighted by Crippen LogP contribution is -2.35. The number of H-pyrrole nitrogens is 1. The highest BCUT2D eigenvalue weighted by atomic mass is 19.1. The summed E-state index contributed by atoms with van der Waals surface area (Å²) >= 11 is 0. The maximum Gasteiger partial charge on any atom is 0.405 e. The minimum absolute atomic E-state index is 0.0196. The van der Waals surface area contributed by atoms with Gasteiger partial charge in [0.1, 0.15) is 17.5 Å². The Hall–Kier alpha value is -2.48. The van der Waals surface area contributed by atoms with Crippen molar-refractivity contribution in [3.8, 4) is 11.3 Å². The molecule has 2 heterocycles. The third kappa shape index (κ3) is 3.53. The van der Waals surface area contributed by atoms with E-state index in [2.05, 4.69) is 15.3 Å². The topological polar surface area (TPSA) is 87.2 Å². The average Bonchev–Trinajstić information content (AvgIpc) is 3.05. The van der Waals surface area contributed by atoms with Gasteiger partial charge in [-0.15, -0.1) is 0 Å². The molecule has 1 fully saturated rings. The Balaban J connectivity index is 1.90. The number of amides is 1. The third-order valence-electron chi connectivity index (χ3n) is 4.12. The molecule has 0 radical (unpaired) electrons. The van der Waals surface area contributed by atoms with Crippen LogP contribution in [0.1, 0.15) is 24.7 Å². The molecule has 0 spiro atoms. The molecule has 1 saturated heterocycles. The number of benzene rings is 1. The Morgan fingerprint density at radius 1 is 1.38 bits per heavy atom. The maximum atomic E-state index is 13.9. The van der Waals surface area contributed by atoms with Crippen LogP contribution in [0.25, 0.3) is 11.3 Å². The van der Waals surface area contributed by atoms with E-state index in [1.807, 2.05) is 0 Å². The van der Waals surface area contributed by atoms with Crippen LogP contribution < -0.4 is 5.32 Å². The number of carboxylic acid groups (broad SMARTS) is 1. The summed E-state index contributed by atoms with van der Waals surface area (Å²) < 4.78 is 32.5. The van der Waals surface area contributed by atoms with Gasteiger partial charge < -0.3 is 20.1 Å². The minimum Gasteiger partial charge on any atom is -0.465 e. The highest BCUT2D eigenvalue weighted by Crippen LogP contribution is 2.30. The second kappa shape index (κ2) is 6.96. The SMILES string of the molecule is O=C(O)N[C@@H](c1ncc(-c2cc(F)ccc2F)[nH]1)C1CCOCC1. The van der Waals surface area contributed by atoms with Gasteiger partial charge in [-0.2, -0.15) is 0 Å². The Kier molecular flexibility index (Phi) is 4.75. The molecule has 0 aliphatic carbocycles. The molecule has 24 heavy (non-hydrogen) atoms. The van der Waals surface area contributed by atoms with Crippen LogP contribution in [0.2, 0.25) is 0 Å². The number of carbonyl (C=O) groups is 1. The molecule has 0 bridgehead atoms. The first-order valence-corrected chi connectivity index (χ1v) is 7.62. The molecule has 1 aliphatic rings. The molecular weight excluding hydrogens is 320 g/mol. The lowest BCUT2D eigenvalue weighted by molar-refractivity contribution is 0.0524. The van der Waals surface area contributed by atoms with Crippen molar-refractivity contribution in [3.05, 3.63) is 41.9 Å². The summed E-state index contributed by atoms with van der Waals surface area (Å²) in [5.41, 5.74) is 0.348. The van der Waals surface area contributed by atoms with Gasteiger partial charge in [0.2, 0.25) is 0 Å². The molecule has 6 nitrogen and oxygen atoms in total. The first-order valence-electron chi connectivity index (χ1n) is 7.62. The van der Waals surface area contributed by atoms with Gasteiger partial charge in [-0.1, -0.05) is 0 Å². The normalized spacial score (nSPS) is 16.8. The second-order valence-electron chi connectivity index (χ2n) is 5.68. The van der Waals surface area contributed by atoms with Gasteiger partial charge in [-0.25, -0.2) is 18.6 Å². The Labute approximate surface area is 136 Å². The van der Waals surface area contributed by atoms with E-state index in [0.717, 1.165) is 18.2 Å². The third-order valence-corrected chi connectivity index (χ3v) is 4.12. The Morgan fingerprint density at radius 3 is 2.83 bits per heavy atom. The Morgan fingerprint density at radius 2 is 2.12 bits per heavy atom. The smallest absolute Gasteiger partial charge is 0.405 e. The van der Waals surface area contributed by atoms with Crippen LogP contribution in [0.5, 0.6) is 0 Å². The zero-order chi connectivity index (χ0) is 17.1. The zero-order valence-corrected chi connectivity index (χ0v) is 12.8. The lowest BCUT2D eigenvalue weighted by Gasteiger charge is -2.28. The van der Waals surface area contributed by atoms with E-state index in [1.54, 1.807) is 0 Å². The van der Waals surface area contributed by atoms with Gasteiger partial charge in [-0.05, 0) is 37.0 Å². The molecule has 8 heteroatoms. The number of ether oxygens (including phenoxy) is 1. The molecule has 2 aromatic rings. The monoisotopic (exact) mass is 337 g/mol. The van der Waals surface area contributed by atoms with E-state index in [-0.39, 0.29) is 11.5 Å². The first kappa shape index (κ1) is 16.4. The van der Waals surface area contributed by atoms with E-state index in [9.17, 15) is 13.6 Å². The minimum atomic E-state index is -1.17. The molecule has 0 unspecified atom stereocenters. The zero-order valence-electron chi connectivity index (χ0n) is 12.8. The van der Waals surface area contributed by atoms with Crippen LogP contribution in [0.4, 0.5) is 13.6 Å². The molecule has 1 amide bonds. The van der Waals surface area contributed by atoms with E-state index in [4.69, 9.17) is 9.84 Å². The number of hydrogen-bond acceptors (Lipinski definition) is 3. The van der Waals surface area contributed by atoms with Crippen LogP contribution in [-0.2, 0) is 4.74 Å². The molecule has 1 aromatic heterocycles. The number of hydrogen-bond donors (Lipinski definition) is 3. The van der Waals surface area contributed by atoms with Crippen molar-refractivity contribution in [2.45, 2.75) is 18.9 Å². The van der Waals surface area contributed by atoms with Gasteiger partial charge in [0, 0.05) is 18.8 Å². The van der Waals surface area contributed by atoms with E-state index in [1.165, 1.54) is 6.20 Å². The van der Waals surface area contributed by atoms with Crippen LogP contribution in [0.15, 0.2) is 24.4 Å². The number of aromatic nitrogens is 2. The van der Waals surface area contributed by atoms with Crippen LogP contribution in [-0.4, -0.2) is 34.4 Å². The fourth-order valence-electron chi connectivity index (χ4n) is 2.93. The van der Waals surface area contributed by atoms with Gasteiger partial charge in [0.25, 0.3) is 0 Å². The molecule has 1 aromatic carbocycles. The lowest BCUT2D eigenvalue weighted by atomic mass is 9.91. The van der Waals surface area contributed by atoms with Crippen molar-refractivity contribution >= 4 is 6.09 Å². The van der Waals surface area contributed by atoms with Crippen molar-refractivity contribution < 1.29 is 23.4 Å². The quantitative estimate of drug-likeness (QED) is 0.800. The van der Waals surface area contributed by atoms with Crippen molar-refractivity contribution in [2.75, 3.05) is 13.2 Å². The predicted molar refractivity (Wildman–Crippen MR) is 81.4 cm³/mol. The van der Waals surface area contributed by atoms with E-state index >= 15 is 0 Å². The molecule has 1 aliphatic heterocycles. The fourth-order valence-corrected chi connectivity index (χ4v) is 2.93. The van der Waals surface area contributed by atoms with Crippen molar-refractivity contribution in [2.24, 2.45) is 5.92 Å². The number of rotatable bonds is 4. The van der Waals surface area contributed by atoms with E-state index < -0.39 is 23.8 Å². The van der Waals surface area contributed by atoms with Gasteiger partial charge in [0.05, 0.1) is 17.9 Å². The molecule has 0 saturated carbocycles. The predicted octanol–water partition coefficient (Wildman–Crippen LogP) is 3.09. The number of halogens is 2. The second-order valence-corrected chi connectivity index (χ2v) is 5.68. The molecule has 1 atom stereocenters. The van der Waals surface area contributed by atoms with Crippen LogP contribution >= 0.6 is 0 Å². The highest BCUT2D eigenvalue weighted by molar-refractivity contribution is 5.65. The molecule has 3 rings (SSSR count). The van der Waals surface area contributed by atoms with Crippen LogP contribution in [0, 0.1) is 17.6 Å². The summed E-state index contributed by atoms with van der Waals surface area (Å²) in [5.74, 6) is -0.748. The standard InChI is InChI=1S/C16H17F2N3O3/c17-10-1-2-12(18)11(7-10)13-8-19-15(20-13)14(21-16(22)23)9-3-5-24-6-4-9/h1-2,7-9,14,21H,3-6H2,(H,19,20)(H,22,23)/t14-/m1/s1. The van der Waals surface area contributed by atoms with Crippen molar-refractivity contribution in [1.82, 2.24) is 15.3 Å². The first-order chi connectivity index (χ1) is 11.5. The maximum absolute atomic E-state index is 13.9. The van der Waals surface area contributed by atoms with Crippen molar-refractivity contribution in [3.63, 3.8) is 0 Å². The number of nitrogens with zero attached hydrogens (tertiary/aromatic N) is 1. The Bertz CT molecular complexity index is 729. The average molecular weight is 337 g/mol. The molecule has 3 N–H and O–H groups in total. The summed E-state index contributed by atoms with van der Waals surface area (Å²) in [4.78, 5) is 18.2. The van der Waals surface area contributed by atoms with Gasteiger partial charge >= 0.3 is 6.09 Å². The molecular formula is C16H17F2N3O3. The summed E-state index contributed by atoms with van der Waals surface area (Å²) in [6.45, 7) is 1.10. The summed E-state index contributed by atoms with van der Waals surface area (Å²) in [6.07, 6.45) is 1.59. The largest absolute Gasteiger partial charge is 0.465 e. The van der Waals surface area contributed by atoms with Gasteiger partial charge in [0.15, 0.2) is 0 Å². The van der Waals surface area contributed by atoms with Crippen molar-refractivity contribution in [1.29, 1.82) is 0 Å². The molecule has 128 valence electrons.